The van der Waals surface area contributed by atoms with Gasteiger partial charge >= 0.3 is 5.97 Å². The zero-order valence-electron chi connectivity index (χ0n) is 11.2. The Morgan fingerprint density at radius 3 is 2.86 bits per heavy atom. The predicted molar refractivity (Wildman–Crippen MR) is 84.7 cm³/mol. The molecule has 0 saturated carbocycles. The highest BCUT2D eigenvalue weighted by molar-refractivity contribution is 6.32. The van der Waals surface area contributed by atoms with Crippen molar-refractivity contribution in [1.82, 2.24) is 9.97 Å². The van der Waals surface area contributed by atoms with Crippen molar-refractivity contribution in [1.29, 1.82) is 0 Å². The molecule has 0 amide bonds. The summed E-state index contributed by atoms with van der Waals surface area (Å²) in [4.78, 5) is 18.7. The van der Waals surface area contributed by atoms with Crippen molar-refractivity contribution in [2.24, 2.45) is 0 Å². The van der Waals surface area contributed by atoms with E-state index in [1.807, 2.05) is 6.07 Å². The largest absolute Gasteiger partial charge is 0.506 e. The number of hydrogen-bond donors (Lipinski definition) is 3. The number of aromatic nitrogens is 2. The average molecular weight is 315 g/mol. The smallest absolute Gasteiger partial charge is 0.336 e. The SMILES string of the molecule is O=C(O)C(=Cc1c[nH]c2ncccc12)c1ccc(O)c(Cl)c1. The molecule has 0 spiro atoms. The number of halogens is 1. The summed E-state index contributed by atoms with van der Waals surface area (Å²) in [7, 11) is 0. The van der Waals surface area contributed by atoms with E-state index in [-0.39, 0.29) is 16.3 Å². The van der Waals surface area contributed by atoms with E-state index < -0.39 is 5.97 Å². The molecule has 1 aromatic carbocycles. The van der Waals surface area contributed by atoms with E-state index in [1.165, 1.54) is 18.2 Å². The zero-order valence-corrected chi connectivity index (χ0v) is 12.0. The molecule has 3 aromatic rings. The molecule has 0 saturated heterocycles. The molecule has 0 aliphatic rings. The van der Waals surface area contributed by atoms with Gasteiger partial charge in [0.2, 0.25) is 0 Å². The normalized spacial score (nSPS) is 11.8. The maximum absolute atomic E-state index is 11.6. The van der Waals surface area contributed by atoms with Crippen LogP contribution in [0.1, 0.15) is 11.1 Å². The lowest BCUT2D eigenvalue weighted by Gasteiger charge is -2.04. The third kappa shape index (κ3) is 2.54. The first-order valence-electron chi connectivity index (χ1n) is 6.42. The summed E-state index contributed by atoms with van der Waals surface area (Å²) < 4.78 is 0. The van der Waals surface area contributed by atoms with E-state index in [0.717, 1.165) is 5.39 Å². The molecule has 110 valence electrons. The van der Waals surface area contributed by atoms with Gasteiger partial charge in [0.05, 0.1) is 10.6 Å². The van der Waals surface area contributed by atoms with Crippen LogP contribution >= 0.6 is 11.6 Å². The molecule has 0 fully saturated rings. The number of carboxylic acid groups (broad SMARTS) is 1. The topological polar surface area (TPSA) is 86.2 Å². The highest BCUT2D eigenvalue weighted by Gasteiger charge is 2.13. The van der Waals surface area contributed by atoms with Crippen LogP contribution in [0.15, 0.2) is 42.7 Å². The minimum Gasteiger partial charge on any atom is -0.506 e. The third-order valence-corrected chi connectivity index (χ3v) is 3.57. The van der Waals surface area contributed by atoms with Crippen molar-refractivity contribution in [2.75, 3.05) is 0 Å². The van der Waals surface area contributed by atoms with E-state index in [0.29, 0.717) is 16.8 Å². The van der Waals surface area contributed by atoms with Crippen molar-refractivity contribution < 1.29 is 15.0 Å². The summed E-state index contributed by atoms with van der Waals surface area (Å²) in [5, 5.41) is 19.8. The summed E-state index contributed by atoms with van der Waals surface area (Å²) in [6.07, 6.45) is 4.90. The van der Waals surface area contributed by atoms with E-state index in [9.17, 15) is 15.0 Å². The Kier molecular flexibility index (Phi) is 3.56. The second kappa shape index (κ2) is 5.54. The van der Waals surface area contributed by atoms with Crippen molar-refractivity contribution in [3.63, 3.8) is 0 Å². The molecule has 0 bridgehead atoms. The van der Waals surface area contributed by atoms with Gasteiger partial charge in [-0.15, -0.1) is 0 Å². The third-order valence-electron chi connectivity index (χ3n) is 3.27. The second-order valence-corrected chi connectivity index (χ2v) is 5.08. The number of benzene rings is 1. The minimum atomic E-state index is -1.08. The standard InChI is InChI=1S/C16H11ClN2O3/c17-13-7-9(3-4-14(13)20)12(16(21)22)6-10-8-19-15-11(10)2-1-5-18-15/h1-8,20H,(H,18,19)(H,21,22). The zero-order chi connectivity index (χ0) is 15.7. The van der Waals surface area contributed by atoms with Gasteiger partial charge in [-0.05, 0) is 35.9 Å². The molecule has 22 heavy (non-hydrogen) atoms. The number of nitrogens with one attached hydrogen (secondary N) is 1. The van der Waals surface area contributed by atoms with Gasteiger partial charge in [0.25, 0.3) is 0 Å². The van der Waals surface area contributed by atoms with Crippen LogP contribution in [0.2, 0.25) is 5.02 Å². The Bertz CT molecular complexity index is 899. The first-order chi connectivity index (χ1) is 10.6. The monoisotopic (exact) mass is 314 g/mol. The summed E-state index contributed by atoms with van der Waals surface area (Å²) in [6, 6.07) is 7.93. The van der Waals surface area contributed by atoms with Crippen LogP contribution in [0.5, 0.6) is 5.75 Å². The molecule has 0 aliphatic heterocycles. The number of H-pyrrole nitrogens is 1. The number of nitrogens with zero attached hydrogens (tertiary/aromatic N) is 1. The minimum absolute atomic E-state index is 0.0756. The van der Waals surface area contributed by atoms with Crippen LogP contribution in [-0.4, -0.2) is 26.2 Å². The summed E-state index contributed by atoms with van der Waals surface area (Å²) >= 11 is 5.85. The molecule has 0 atom stereocenters. The van der Waals surface area contributed by atoms with Gasteiger partial charge in [-0.1, -0.05) is 17.7 Å². The van der Waals surface area contributed by atoms with Gasteiger partial charge in [0.1, 0.15) is 11.4 Å². The fraction of sp³-hybridized carbons (Fsp3) is 0. The fourth-order valence-electron chi connectivity index (χ4n) is 2.20. The number of fused-ring (bicyclic) bond motifs is 1. The van der Waals surface area contributed by atoms with Crippen molar-refractivity contribution in [2.45, 2.75) is 0 Å². The summed E-state index contributed by atoms with van der Waals surface area (Å²) in [5.41, 5.74) is 1.88. The molecule has 5 nitrogen and oxygen atoms in total. The van der Waals surface area contributed by atoms with Crippen molar-refractivity contribution >= 4 is 40.3 Å². The highest BCUT2D eigenvalue weighted by Crippen LogP contribution is 2.29. The van der Waals surface area contributed by atoms with E-state index in [1.54, 1.807) is 24.5 Å². The Morgan fingerprint density at radius 1 is 1.32 bits per heavy atom. The molecular formula is C16H11ClN2O3. The number of pyridine rings is 1. The lowest BCUT2D eigenvalue weighted by Crippen LogP contribution is -1.99. The number of carboxylic acids is 1. The van der Waals surface area contributed by atoms with Crippen LogP contribution in [0.4, 0.5) is 0 Å². The van der Waals surface area contributed by atoms with Crippen LogP contribution in [0.25, 0.3) is 22.7 Å². The van der Waals surface area contributed by atoms with E-state index >= 15 is 0 Å². The average Bonchev–Trinajstić information content (AvgIpc) is 2.91. The number of rotatable bonds is 3. The number of phenols is 1. The molecule has 3 N–H and O–H groups in total. The molecule has 6 heteroatoms. The summed E-state index contributed by atoms with van der Waals surface area (Å²) in [5.74, 6) is -1.17. The molecule has 0 aliphatic carbocycles. The number of carbonyl (C=O) groups is 1. The Labute approximate surface area is 130 Å². The van der Waals surface area contributed by atoms with Crippen molar-refractivity contribution in [3.8, 4) is 5.75 Å². The quantitative estimate of drug-likeness (QED) is 0.645. The highest BCUT2D eigenvalue weighted by atomic mass is 35.5. The second-order valence-electron chi connectivity index (χ2n) is 4.67. The Balaban J connectivity index is 2.15. The number of phenolic OH excluding ortho intramolecular Hbond substituents is 1. The lowest BCUT2D eigenvalue weighted by molar-refractivity contribution is -0.130. The van der Waals surface area contributed by atoms with E-state index in [2.05, 4.69) is 9.97 Å². The fourth-order valence-corrected chi connectivity index (χ4v) is 2.38. The molecule has 2 heterocycles. The molecule has 2 aromatic heterocycles. The number of aromatic hydroxyl groups is 1. The van der Waals surface area contributed by atoms with Gasteiger partial charge < -0.3 is 15.2 Å². The number of aliphatic carboxylic acids is 1. The van der Waals surface area contributed by atoms with Crippen molar-refractivity contribution in [3.05, 3.63) is 58.9 Å². The Hall–Kier alpha value is -2.79. The van der Waals surface area contributed by atoms with Crippen LogP contribution in [-0.2, 0) is 4.79 Å². The van der Waals surface area contributed by atoms with Gasteiger partial charge in [0, 0.05) is 23.3 Å². The predicted octanol–water partition coefficient (Wildman–Crippen LogP) is 3.55. The summed E-state index contributed by atoms with van der Waals surface area (Å²) in [6.45, 7) is 0. The van der Waals surface area contributed by atoms with Gasteiger partial charge in [0.15, 0.2) is 0 Å². The Morgan fingerprint density at radius 2 is 2.14 bits per heavy atom. The molecular weight excluding hydrogens is 304 g/mol. The van der Waals surface area contributed by atoms with Gasteiger partial charge in [-0.3, -0.25) is 0 Å². The molecule has 3 rings (SSSR count). The molecule has 0 unspecified atom stereocenters. The van der Waals surface area contributed by atoms with Crippen LogP contribution in [0.3, 0.4) is 0 Å². The maximum Gasteiger partial charge on any atom is 0.336 e. The first-order valence-corrected chi connectivity index (χ1v) is 6.80. The van der Waals surface area contributed by atoms with Gasteiger partial charge in [-0.25, -0.2) is 9.78 Å². The number of hydrogen-bond acceptors (Lipinski definition) is 3. The van der Waals surface area contributed by atoms with Crippen LogP contribution < -0.4 is 0 Å². The maximum atomic E-state index is 11.6. The van der Waals surface area contributed by atoms with Gasteiger partial charge in [-0.2, -0.15) is 0 Å². The number of aromatic amines is 1. The first kappa shape index (κ1) is 14.2. The van der Waals surface area contributed by atoms with Crippen LogP contribution in [0, 0.1) is 0 Å². The lowest BCUT2D eigenvalue weighted by atomic mass is 10.0. The molecule has 0 radical (unpaired) electrons. The van der Waals surface area contributed by atoms with E-state index in [4.69, 9.17) is 11.6 Å².